The highest BCUT2D eigenvalue weighted by Gasteiger charge is 2.31. The minimum absolute atomic E-state index is 0.357. The van der Waals surface area contributed by atoms with Crippen LogP contribution in [0, 0.1) is 6.92 Å². The van der Waals surface area contributed by atoms with Gasteiger partial charge < -0.3 is 5.32 Å². The molecular weight excluding hydrogens is 284 g/mol. The van der Waals surface area contributed by atoms with Crippen LogP contribution in [-0.4, -0.2) is 21.0 Å². The molecule has 0 radical (unpaired) electrons. The number of rotatable bonds is 8. The van der Waals surface area contributed by atoms with Crippen molar-refractivity contribution in [1.29, 1.82) is 0 Å². The first-order valence-corrected chi connectivity index (χ1v) is 9.10. The van der Waals surface area contributed by atoms with E-state index in [9.17, 15) is 8.42 Å². The molecular formula is C16H28N2O2S. The summed E-state index contributed by atoms with van der Waals surface area (Å²) >= 11 is 0. The molecule has 120 valence electrons. The van der Waals surface area contributed by atoms with E-state index < -0.39 is 10.0 Å². The van der Waals surface area contributed by atoms with E-state index in [0.717, 1.165) is 30.4 Å². The molecule has 1 aromatic rings. The molecule has 0 saturated carbocycles. The predicted octanol–water partition coefficient (Wildman–Crippen LogP) is 2.96. The normalized spacial score (nSPS) is 12.6. The van der Waals surface area contributed by atoms with Gasteiger partial charge >= 0.3 is 0 Å². The SMILES string of the molecule is CCC(CC)(CC)NS(=O)(=O)c1cc(CNC)ccc1C. The molecule has 5 heteroatoms. The van der Waals surface area contributed by atoms with Gasteiger partial charge in [0.25, 0.3) is 0 Å². The molecule has 0 bridgehead atoms. The summed E-state index contributed by atoms with van der Waals surface area (Å²) < 4.78 is 28.5. The first-order valence-electron chi connectivity index (χ1n) is 7.62. The lowest BCUT2D eigenvalue weighted by molar-refractivity contribution is 0.341. The van der Waals surface area contributed by atoms with Crippen LogP contribution in [0.15, 0.2) is 23.1 Å². The Labute approximate surface area is 129 Å². The lowest BCUT2D eigenvalue weighted by Crippen LogP contribution is -2.47. The molecule has 0 aliphatic carbocycles. The Morgan fingerprint density at radius 1 is 1.10 bits per heavy atom. The van der Waals surface area contributed by atoms with Gasteiger partial charge in [0, 0.05) is 12.1 Å². The molecule has 4 nitrogen and oxygen atoms in total. The van der Waals surface area contributed by atoms with E-state index in [2.05, 4.69) is 10.0 Å². The fourth-order valence-corrected chi connectivity index (χ4v) is 4.47. The Kier molecular flexibility index (Phi) is 6.38. The van der Waals surface area contributed by atoms with Crippen LogP contribution >= 0.6 is 0 Å². The first-order chi connectivity index (χ1) is 9.84. The van der Waals surface area contributed by atoms with E-state index in [-0.39, 0.29) is 5.54 Å². The van der Waals surface area contributed by atoms with E-state index in [1.165, 1.54) is 0 Å². The summed E-state index contributed by atoms with van der Waals surface area (Å²) in [6.07, 6.45) is 2.36. The minimum Gasteiger partial charge on any atom is -0.316 e. The second-order valence-corrected chi connectivity index (χ2v) is 7.23. The fraction of sp³-hybridized carbons (Fsp3) is 0.625. The lowest BCUT2D eigenvalue weighted by Gasteiger charge is -2.31. The van der Waals surface area contributed by atoms with Gasteiger partial charge in [-0.05, 0) is 50.4 Å². The summed E-state index contributed by atoms with van der Waals surface area (Å²) in [6.45, 7) is 8.58. The summed E-state index contributed by atoms with van der Waals surface area (Å²) in [6, 6.07) is 5.59. The van der Waals surface area contributed by atoms with Gasteiger partial charge in [0.1, 0.15) is 0 Å². The molecule has 0 spiro atoms. The fourth-order valence-electron chi connectivity index (χ4n) is 2.55. The monoisotopic (exact) mass is 312 g/mol. The van der Waals surface area contributed by atoms with E-state index in [4.69, 9.17) is 0 Å². The molecule has 0 aliphatic rings. The third kappa shape index (κ3) is 4.28. The summed E-state index contributed by atoms with van der Waals surface area (Å²) in [5, 5.41) is 3.05. The van der Waals surface area contributed by atoms with Gasteiger partial charge in [0.2, 0.25) is 10.0 Å². The van der Waals surface area contributed by atoms with Gasteiger partial charge in [-0.2, -0.15) is 0 Å². The Hall–Kier alpha value is -0.910. The molecule has 0 unspecified atom stereocenters. The summed E-state index contributed by atoms with van der Waals surface area (Å²) in [5.74, 6) is 0. The number of hydrogen-bond donors (Lipinski definition) is 2. The van der Waals surface area contributed by atoms with Crippen LogP contribution in [0.3, 0.4) is 0 Å². The van der Waals surface area contributed by atoms with Crippen molar-refractivity contribution in [2.24, 2.45) is 0 Å². The molecule has 0 atom stereocenters. The zero-order chi connectivity index (χ0) is 16.1. The maximum absolute atomic E-state index is 12.8. The summed E-state index contributed by atoms with van der Waals surface area (Å²) in [7, 11) is -1.65. The van der Waals surface area contributed by atoms with Crippen LogP contribution in [0.1, 0.15) is 51.2 Å². The van der Waals surface area contributed by atoms with Gasteiger partial charge in [-0.1, -0.05) is 32.9 Å². The van der Waals surface area contributed by atoms with E-state index in [1.807, 2.05) is 46.9 Å². The van der Waals surface area contributed by atoms with Crippen molar-refractivity contribution in [1.82, 2.24) is 10.0 Å². The van der Waals surface area contributed by atoms with Gasteiger partial charge in [0.05, 0.1) is 4.90 Å². The maximum Gasteiger partial charge on any atom is 0.241 e. The molecule has 0 aliphatic heterocycles. The zero-order valence-electron chi connectivity index (χ0n) is 13.8. The number of aryl methyl sites for hydroxylation is 1. The average molecular weight is 312 g/mol. The van der Waals surface area contributed by atoms with Crippen LogP contribution in [0.2, 0.25) is 0 Å². The zero-order valence-corrected chi connectivity index (χ0v) is 14.6. The van der Waals surface area contributed by atoms with Crippen LogP contribution in [0.25, 0.3) is 0 Å². The van der Waals surface area contributed by atoms with Crippen molar-refractivity contribution < 1.29 is 8.42 Å². The van der Waals surface area contributed by atoms with Crippen LogP contribution in [0.4, 0.5) is 0 Å². The van der Waals surface area contributed by atoms with Crippen molar-refractivity contribution in [3.8, 4) is 0 Å². The van der Waals surface area contributed by atoms with Crippen LogP contribution in [-0.2, 0) is 16.6 Å². The standard InChI is InChI=1S/C16H28N2O2S/c1-6-16(7-2,8-3)18-21(19,20)15-11-14(12-17-5)10-9-13(15)4/h9-11,17-18H,6-8,12H2,1-5H3. The Balaban J connectivity index is 3.21. The van der Waals surface area contributed by atoms with E-state index >= 15 is 0 Å². The van der Waals surface area contributed by atoms with E-state index in [0.29, 0.717) is 11.4 Å². The van der Waals surface area contributed by atoms with E-state index in [1.54, 1.807) is 6.07 Å². The van der Waals surface area contributed by atoms with Gasteiger partial charge in [0.15, 0.2) is 0 Å². The lowest BCUT2D eigenvalue weighted by atomic mass is 9.91. The van der Waals surface area contributed by atoms with Gasteiger partial charge in [-0.25, -0.2) is 13.1 Å². The molecule has 1 rings (SSSR count). The third-order valence-electron chi connectivity index (χ3n) is 4.30. The van der Waals surface area contributed by atoms with Crippen LogP contribution < -0.4 is 10.0 Å². The Morgan fingerprint density at radius 3 is 2.14 bits per heavy atom. The Morgan fingerprint density at radius 2 is 1.67 bits per heavy atom. The van der Waals surface area contributed by atoms with Crippen molar-refractivity contribution in [2.75, 3.05) is 7.05 Å². The summed E-state index contributed by atoms with van der Waals surface area (Å²) in [4.78, 5) is 0.384. The predicted molar refractivity (Wildman–Crippen MR) is 87.9 cm³/mol. The first kappa shape index (κ1) is 18.1. The molecule has 2 N–H and O–H groups in total. The van der Waals surface area contributed by atoms with Crippen molar-refractivity contribution in [2.45, 2.75) is 63.9 Å². The number of benzene rings is 1. The quantitative estimate of drug-likeness (QED) is 0.776. The molecule has 0 amide bonds. The second-order valence-electron chi connectivity index (χ2n) is 5.58. The molecule has 0 fully saturated rings. The largest absolute Gasteiger partial charge is 0.316 e. The third-order valence-corrected chi connectivity index (χ3v) is 6.02. The highest BCUT2D eigenvalue weighted by atomic mass is 32.2. The maximum atomic E-state index is 12.8. The smallest absolute Gasteiger partial charge is 0.241 e. The number of sulfonamides is 1. The molecule has 21 heavy (non-hydrogen) atoms. The van der Waals surface area contributed by atoms with Crippen molar-refractivity contribution >= 4 is 10.0 Å². The van der Waals surface area contributed by atoms with Crippen molar-refractivity contribution in [3.05, 3.63) is 29.3 Å². The number of hydrogen-bond acceptors (Lipinski definition) is 3. The molecule has 0 saturated heterocycles. The second kappa shape index (κ2) is 7.38. The van der Waals surface area contributed by atoms with Gasteiger partial charge in [-0.3, -0.25) is 0 Å². The summed E-state index contributed by atoms with van der Waals surface area (Å²) in [5.41, 5.74) is 1.39. The topological polar surface area (TPSA) is 58.2 Å². The highest BCUT2D eigenvalue weighted by Crippen LogP contribution is 2.25. The van der Waals surface area contributed by atoms with Crippen LogP contribution in [0.5, 0.6) is 0 Å². The minimum atomic E-state index is -3.50. The molecule has 0 aromatic heterocycles. The average Bonchev–Trinajstić information content (AvgIpc) is 2.47. The Bertz CT molecular complexity index is 555. The van der Waals surface area contributed by atoms with Crippen molar-refractivity contribution in [3.63, 3.8) is 0 Å². The number of nitrogens with one attached hydrogen (secondary N) is 2. The molecule has 0 heterocycles. The van der Waals surface area contributed by atoms with Gasteiger partial charge in [-0.15, -0.1) is 0 Å². The highest BCUT2D eigenvalue weighted by molar-refractivity contribution is 7.89. The molecule has 1 aromatic carbocycles.